The van der Waals surface area contributed by atoms with E-state index in [0.29, 0.717) is 24.9 Å². The van der Waals surface area contributed by atoms with E-state index in [1.807, 2.05) is 66.7 Å². The van der Waals surface area contributed by atoms with E-state index in [1.54, 1.807) is 29.7 Å². The first-order valence-corrected chi connectivity index (χ1v) is 12.5. The zero-order valence-corrected chi connectivity index (χ0v) is 19.3. The summed E-state index contributed by atoms with van der Waals surface area (Å²) in [4.78, 5) is 4.65. The van der Waals surface area contributed by atoms with Crippen molar-refractivity contribution in [2.45, 2.75) is 36.4 Å². The van der Waals surface area contributed by atoms with Gasteiger partial charge in [0.25, 0.3) is 0 Å². The molecule has 168 valence electrons. The lowest BCUT2D eigenvalue weighted by molar-refractivity contribution is 0.0451. The monoisotopic (exact) mass is 458 g/mol. The number of nitrogens with zero attached hydrogens (tertiary/aromatic N) is 2. The van der Waals surface area contributed by atoms with Crippen LogP contribution in [-0.4, -0.2) is 37.0 Å². The third-order valence-electron chi connectivity index (χ3n) is 6.44. The van der Waals surface area contributed by atoms with Crippen molar-refractivity contribution in [3.8, 4) is 0 Å². The van der Waals surface area contributed by atoms with Crippen molar-refractivity contribution >= 4 is 20.9 Å². The fourth-order valence-corrected chi connectivity index (χ4v) is 6.53. The Bertz CT molecular complexity index is 1370. The van der Waals surface area contributed by atoms with Gasteiger partial charge in [0.05, 0.1) is 17.7 Å². The molecule has 0 bridgehead atoms. The number of aromatic nitrogens is 1. The van der Waals surface area contributed by atoms with Crippen molar-refractivity contribution in [1.82, 2.24) is 9.29 Å². The number of hydrogen-bond acceptors (Lipinski definition) is 4. The van der Waals surface area contributed by atoms with Gasteiger partial charge in [0.2, 0.25) is 10.0 Å². The minimum atomic E-state index is -3.88. The summed E-state index contributed by atoms with van der Waals surface area (Å²) in [6.07, 6.45) is 2.57. The molecule has 0 unspecified atom stereocenters. The van der Waals surface area contributed by atoms with Crippen LogP contribution in [0.15, 0.2) is 96.0 Å². The standard InChI is InChI=1S/C27H26N2O3S/c1-32-25-18-22-11-5-6-12-23(22)19-29(24(25)17-20-9-3-2-4-10-20)33(30,31)26-15-7-13-21-14-8-16-28-27(21)26/h2-16,24-25H,17-19H2,1H3/t24-,25+/m1/s1. The smallest absolute Gasteiger partial charge is 0.245 e. The summed E-state index contributed by atoms with van der Waals surface area (Å²) in [5, 5.41) is 0.802. The van der Waals surface area contributed by atoms with Crippen LogP contribution in [0.5, 0.6) is 0 Å². The summed E-state index contributed by atoms with van der Waals surface area (Å²) in [6.45, 7) is 0.291. The lowest BCUT2D eigenvalue weighted by Gasteiger charge is -2.34. The zero-order valence-electron chi connectivity index (χ0n) is 18.5. The van der Waals surface area contributed by atoms with Crippen LogP contribution in [0.2, 0.25) is 0 Å². The highest BCUT2D eigenvalue weighted by atomic mass is 32.2. The van der Waals surface area contributed by atoms with Gasteiger partial charge in [-0.05, 0) is 35.2 Å². The number of para-hydroxylation sites is 1. The molecule has 0 saturated carbocycles. The van der Waals surface area contributed by atoms with Crippen LogP contribution >= 0.6 is 0 Å². The SMILES string of the molecule is CO[C@H]1Cc2ccccc2CN(S(=O)(=O)c2cccc3cccnc23)[C@@H]1Cc1ccccc1. The van der Waals surface area contributed by atoms with Crippen molar-refractivity contribution in [3.63, 3.8) is 0 Å². The third kappa shape index (κ3) is 4.17. The number of pyridine rings is 1. The van der Waals surface area contributed by atoms with Gasteiger partial charge in [-0.2, -0.15) is 4.31 Å². The van der Waals surface area contributed by atoms with Gasteiger partial charge in [-0.3, -0.25) is 4.98 Å². The molecule has 6 heteroatoms. The molecule has 2 atom stereocenters. The maximum absolute atomic E-state index is 14.3. The second-order valence-electron chi connectivity index (χ2n) is 8.39. The minimum absolute atomic E-state index is 0.230. The molecular weight excluding hydrogens is 432 g/mol. The number of rotatable bonds is 5. The molecule has 1 aliphatic rings. The average Bonchev–Trinajstić information content (AvgIpc) is 3.01. The Balaban J connectivity index is 1.67. The molecule has 1 aromatic heterocycles. The van der Waals surface area contributed by atoms with E-state index in [4.69, 9.17) is 4.74 Å². The van der Waals surface area contributed by atoms with Crippen LogP contribution < -0.4 is 0 Å². The molecule has 5 rings (SSSR count). The highest BCUT2D eigenvalue weighted by Gasteiger charge is 2.40. The first-order valence-electron chi connectivity index (χ1n) is 11.1. The Morgan fingerprint density at radius 1 is 0.909 bits per heavy atom. The molecule has 0 spiro atoms. The second-order valence-corrected chi connectivity index (χ2v) is 10.2. The van der Waals surface area contributed by atoms with E-state index in [2.05, 4.69) is 11.1 Å². The molecule has 0 N–H and O–H groups in total. The van der Waals surface area contributed by atoms with Crippen LogP contribution in [0.4, 0.5) is 0 Å². The third-order valence-corrected chi connectivity index (χ3v) is 8.34. The quantitative estimate of drug-likeness (QED) is 0.438. The molecule has 0 fully saturated rings. The van der Waals surface area contributed by atoms with Gasteiger partial charge in [0.1, 0.15) is 4.90 Å². The van der Waals surface area contributed by atoms with E-state index in [9.17, 15) is 8.42 Å². The zero-order chi connectivity index (χ0) is 22.8. The average molecular weight is 459 g/mol. The van der Waals surface area contributed by atoms with Gasteiger partial charge < -0.3 is 4.74 Å². The lowest BCUT2D eigenvalue weighted by Crippen LogP contribution is -2.47. The van der Waals surface area contributed by atoms with Crippen LogP contribution in [0, 0.1) is 0 Å². The number of ether oxygens (including phenoxy) is 1. The molecular formula is C27H26N2O3S. The maximum Gasteiger partial charge on any atom is 0.245 e. The molecule has 3 aromatic carbocycles. The van der Waals surface area contributed by atoms with Crippen LogP contribution in [0.25, 0.3) is 10.9 Å². The van der Waals surface area contributed by atoms with Crippen LogP contribution in [-0.2, 0) is 34.1 Å². The summed E-state index contributed by atoms with van der Waals surface area (Å²) >= 11 is 0. The second kappa shape index (κ2) is 9.06. The fourth-order valence-electron chi connectivity index (χ4n) is 4.74. The van der Waals surface area contributed by atoms with E-state index in [-0.39, 0.29) is 17.0 Å². The molecule has 33 heavy (non-hydrogen) atoms. The first kappa shape index (κ1) is 21.8. The van der Waals surface area contributed by atoms with Gasteiger partial charge >= 0.3 is 0 Å². The summed E-state index contributed by atoms with van der Waals surface area (Å²) in [7, 11) is -2.21. The Morgan fingerprint density at radius 3 is 2.42 bits per heavy atom. The largest absolute Gasteiger partial charge is 0.379 e. The predicted molar refractivity (Wildman–Crippen MR) is 129 cm³/mol. The molecule has 0 aliphatic carbocycles. The van der Waals surface area contributed by atoms with Gasteiger partial charge in [0.15, 0.2) is 0 Å². The topological polar surface area (TPSA) is 59.5 Å². The Kier molecular flexibility index (Phi) is 5.98. The van der Waals surface area contributed by atoms with E-state index >= 15 is 0 Å². The summed E-state index contributed by atoms with van der Waals surface area (Å²) in [5.74, 6) is 0. The number of benzene rings is 3. The van der Waals surface area contributed by atoms with E-state index < -0.39 is 10.0 Å². The molecule has 4 aromatic rings. The van der Waals surface area contributed by atoms with E-state index in [1.165, 1.54) is 0 Å². The number of sulfonamides is 1. The van der Waals surface area contributed by atoms with Crippen molar-refractivity contribution in [2.24, 2.45) is 0 Å². The van der Waals surface area contributed by atoms with Gasteiger partial charge in [-0.25, -0.2) is 8.42 Å². The van der Waals surface area contributed by atoms with Gasteiger partial charge in [-0.1, -0.05) is 72.8 Å². The molecule has 0 radical (unpaired) electrons. The van der Waals surface area contributed by atoms with Gasteiger partial charge in [0, 0.05) is 31.7 Å². The van der Waals surface area contributed by atoms with Crippen molar-refractivity contribution < 1.29 is 13.2 Å². The summed E-state index contributed by atoms with van der Waals surface area (Å²) < 4.78 is 36.1. The highest BCUT2D eigenvalue weighted by molar-refractivity contribution is 7.89. The number of fused-ring (bicyclic) bond motifs is 2. The van der Waals surface area contributed by atoms with Crippen molar-refractivity contribution in [2.75, 3.05) is 7.11 Å². The fraction of sp³-hybridized carbons (Fsp3) is 0.222. The molecule has 0 amide bonds. The van der Waals surface area contributed by atoms with Gasteiger partial charge in [-0.15, -0.1) is 0 Å². The first-order chi connectivity index (χ1) is 16.1. The number of hydrogen-bond donors (Lipinski definition) is 0. The highest BCUT2D eigenvalue weighted by Crippen LogP contribution is 2.33. The van der Waals surface area contributed by atoms with Crippen molar-refractivity contribution in [1.29, 1.82) is 0 Å². The predicted octanol–water partition coefficient (Wildman–Crippen LogP) is 4.61. The van der Waals surface area contributed by atoms with Crippen LogP contribution in [0.1, 0.15) is 16.7 Å². The Labute approximate surface area is 194 Å². The minimum Gasteiger partial charge on any atom is -0.379 e. The van der Waals surface area contributed by atoms with Crippen molar-refractivity contribution in [3.05, 3.63) is 108 Å². The van der Waals surface area contributed by atoms with E-state index in [0.717, 1.165) is 22.1 Å². The molecule has 2 heterocycles. The normalized spacial score (nSPS) is 19.2. The summed E-state index contributed by atoms with van der Waals surface area (Å²) in [6, 6.07) is 26.7. The Hall–Kier alpha value is -3.06. The number of methoxy groups -OCH3 is 1. The molecule has 0 saturated heterocycles. The Morgan fingerprint density at radius 2 is 1.64 bits per heavy atom. The molecule has 5 nitrogen and oxygen atoms in total. The molecule has 1 aliphatic heterocycles. The summed E-state index contributed by atoms with van der Waals surface area (Å²) in [5.41, 5.74) is 3.69. The van der Waals surface area contributed by atoms with Crippen LogP contribution in [0.3, 0.4) is 0 Å². The maximum atomic E-state index is 14.3. The lowest BCUT2D eigenvalue weighted by atomic mass is 9.96.